The topological polar surface area (TPSA) is 22.9 Å². The molecule has 0 amide bonds. The Morgan fingerprint density at radius 2 is 0.378 bits per heavy atom. The summed E-state index contributed by atoms with van der Waals surface area (Å²) in [7, 11) is 0. The first-order chi connectivity index (χ1) is 66.6. The van der Waals surface area contributed by atoms with Crippen molar-refractivity contribution >= 4 is 239 Å². The molecule has 0 aliphatic carbocycles. The van der Waals surface area contributed by atoms with Gasteiger partial charge in [0.2, 0.25) is 0 Å². The Bertz CT molecular complexity index is 9030. The van der Waals surface area contributed by atoms with Crippen molar-refractivity contribution in [1.82, 2.24) is 0 Å². The fourth-order valence-corrected chi connectivity index (χ4v) is 22.1. The summed E-state index contributed by atoms with van der Waals surface area (Å²) >= 11 is 11.4. The molecule has 27 rings (SSSR count). The molecule has 634 valence electrons. The zero-order valence-corrected chi connectivity index (χ0v) is 77.8. The van der Waals surface area contributed by atoms with E-state index in [1.807, 2.05) is 12.1 Å². The quantitative estimate of drug-likeness (QED) is 0.101. The zero-order chi connectivity index (χ0) is 89.7. The van der Waals surface area contributed by atoms with Crippen LogP contribution in [-0.4, -0.2) is 0 Å². The van der Waals surface area contributed by atoms with Crippen LogP contribution in [0.3, 0.4) is 0 Å². The highest BCUT2D eigenvalue weighted by Gasteiger charge is 2.24. The van der Waals surface area contributed by atoms with Crippen molar-refractivity contribution in [3.8, 4) is 55.6 Å². The van der Waals surface area contributed by atoms with Gasteiger partial charge in [-0.2, -0.15) is 0 Å². The molecule has 0 unspecified atom stereocenters. The molecule has 1 heterocycles. The van der Waals surface area contributed by atoms with Crippen LogP contribution in [0.2, 0.25) is 0 Å². The van der Waals surface area contributed by atoms with E-state index in [0.29, 0.717) is 0 Å². The van der Waals surface area contributed by atoms with Crippen molar-refractivity contribution in [1.29, 1.82) is 0 Å². The van der Waals surface area contributed by atoms with E-state index in [1.54, 1.807) is 0 Å². The van der Waals surface area contributed by atoms with Gasteiger partial charge in [0.15, 0.2) is 0 Å². The molecule has 26 aromatic carbocycles. The van der Waals surface area contributed by atoms with Gasteiger partial charge in [0.1, 0.15) is 11.2 Å². The van der Waals surface area contributed by atoms with Crippen LogP contribution in [0.25, 0.3) is 196 Å². The highest BCUT2D eigenvalue weighted by molar-refractivity contribution is 9.11. The molecule has 0 aliphatic heterocycles. The summed E-state index contributed by atoms with van der Waals surface area (Å²) in [5, 5.41) is 30.4. The Morgan fingerprint density at radius 1 is 0.141 bits per heavy atom. The van der Waals surface area contributed by atoms with Crippen LogP contribution in [0.1, 0.15) is 0 Å². The van der Waals surface area contributed by atoms with Crippen molar-refractivity contribution in [3.63, 3.8) is 0 Å². The fourth-order valence-electron chi connectivity index (χ4n) is 20.7. The molecule has 135 heavy (non-hydrogen) atoms. The maximum Gasteiger partial charge on any atom is 0.137 e. The number of rotatable bonds is 14. The van der Waals surface area contributed by atoms with Gasteiger partial charge in [0, 0.05) is 81.4 Å². The van der Waals surface area contributed by atoms with Gasteiger partial charge >= 0.3 is 0 Å². The van der Waals surface area contributed by atoms with E-state index in [1.165, 1.54) is 174 Å². The van der Waals surface area contributed by atoms with Crippen molar-refractivity contribution in [2.24, 2.45) is 0 Å². The second kappa shape index (κ2) is 34.0. The smallest absolute Gasteiger partial charge is 0.137 e. The molecule has 0 saturated carbocycles. The number of hydrogen-bond donors (Lipinski definition) is 0. The molecule has 0 atom stereocenters. The molecule has 0 N–H and O–H groups in total. The lowest BCUT2D eigenvalue weighted by molar-refractivity contribution is 0.669. The molecule has 0 radical (unpaired) electrons. The minimum atomic E-state index is 0.886. The van der Waals surface area contributed by atoms with Crippen molar-refractivity contribution in [3.05, 3.63) is 499 Å². The minimum Gasteiger partial charge on any atom is -0.456 e. The number of furan rings is 1. The van der Waals surface area contributed by atoms with Crippen LogP contribution in [0, 0.1) is 0 Å². The van der Waals surface area contributed by atoms with Gasteiger partial charge in [-0.25, -0.2) is 0 Å². The number of para-hydroxylation sites is 2. The molecule has 4 nitrogen and oxygen atoms in total. The standard InChI is InChI=1S/C46H30BrN.C42H26BrN.C40H24BrNO/c47-44-30-20-37-18-28-42-41(27-17-36-19-29-43(44)46(37)45(36)42)35-15-25-40(26-16-35)48(38-21-11-33(12-22-38)31-7-3-1-4-8-31)39-23-13-34(14-24-39)32-9-5-2-6-10-32;43-40-24-16-31-14-22-38-37(21-13-30-15-23-39(40)42(31)41(30)38)29-11-17-34(18-12-29)44(35-19-9-27-5-1-3-7-32(27)25-35)36-20-10-28-6-2-4-8-33(28)26-36;41-36-23-15-27-13-20-34-31(19-12-26-14-21-35(36)40(27)39(26)34)25-10-16-29(17-11-25)42(28-6-2-1-3-7-28)30-18-22-33-32-8-4-5-9-37(32)43-38(33)24-30/h1-30H;1-26H;1-24H. The molecule has 7 heteroatoms. The zero-order valence-electron chi connectivity index (χ0n) is 73.1. The van der Waals surface area contributed by atoms with Gasteiger partial charge in [0.25, 0.3) is 0 Å². The van der Waals surface area contributed by atoms with Crippen LogP contribution < -0.4 is 14.7 Å². The summed E-state index contributed by atoms with van der Waals surface area (Å²) in [5.74, 6) is 0. The summed E-state index contributed by atoms with van der Waals surface area (Å²) in [6.07, 6.45) is 0. The van der Waals surface area contributed by atoms with E-state index in [9.17, 15) is 0 Å². The summed E-state index contributed by atoms with van der Waals surface area (Å²) < 4.78 is 9.66. The van der Waals surface area contributed by atoms with E-state index < -0.39 is 0 Å². The average Bonchev–Trinajstić information content (AvgIpc) is 0.791. The maximum absolute atomic E-state index is 6.26. The monoisotopic (exact) mass is 1910 g/mol. The summed E-state index contributed by atoms with van der Waals surface area (Å²) in [4.78, 5) is 7.00. The summed E-state index contributed by atoms with van der Waals surface area (Å²) in [6, 6.07) is 175. The molecule has 1 aromatic heterocycles. The lowest BCUT2D eigenvalue weighted by Crippen LogP contribution is -2.09. The number of halogens is 3. The Balaban J connectivity index is 0.000000108. The van der Waals surface area contributed by atoms with E-state index in [0.717, 1.165) is 86.5 Å². The predicted molar refractivity (Wildman–Crippen MR) is 587 cm³/mol. The molecule has 0 fully saturated rings. The first-order valence-electron chi connectivity index (χ1n) is 45.7. The van der Waals surface area contributed by atoms with Gasteiger partial charge < -0.3 is 19.1 Å². The van der Waals surface area contributed by atoms with E-state index in [-0.39, 0.29) is 0 Å². The van der Waals surface area contributed by atoms with Gasteiger partial charge in [-0.1, -0.05) is 394 Å². The van der Waals surface area contributed by atoms with Crippen LogP contribution in [0.5, 0.6) is 0 Å². The largest absolute Gasteiger partial charge is 0.456 e. The average molecular weight is 1920 g/mol. The van der Waals surface area contributed by atoms with Crippen LogP contribution in [0.4, 0.5) is 51.2 Å². The fraction of sp³-hybridized carbons (Fsp3) is 0. The van der Waals surface area contributed by atoms with Crippen LogP contribution in [0.15, 0.2) is 503 Å². The Labute approximate surface area is 806 Å². The van der Waals surface area contributed by atoms with E-state index in [2.05, 4.69) is 536 Å². The number of fused-ring (bicyclic) bond motifs is 5. The highest BCUT2D eigenvalue weighted by atomic mass is 79.9. The summed E-state index contributed by atoms with van der Waals surface area (Å²) in [5.41, 5.74) is 24.0. The van der Waals surface area contributed by atoms with Gasteiger partial charge in [-0.15, -0.1) is 0 Å². The maximum atomic E-state index is 6.26. The second-order valence-electron chi connectivity index (χ2n) is 34.9. The molecular weight excluding hydrogens is 1840 g/mol. The normalized spacial score (nSPS) is 11.7. The van der Waals surface area contributed by atoms with Gasteiger partial charge in [-0.05, 0) is 308 Å². The number of anilines is 9. The molecule has 27 aromatic rings. The van der Waals surface area contributed by atoms with Gasteiger partial charge in [-0.3, -0.25) is 0 Å². The lowest BCUT2D eigenvalue weighted by atomic mass is 9.90. The third-order valence-corrected chi connectivity index (χ3v) is 29.3. The SMILES string of the molecule is Brc1ccc2ccc3c(-c4ccc(N(c5ccc(-c6ccccc6)cc5)c5ccc(-c6ccccc6)cc5)cc4)ccc4ccc1c2c43.Brc1ccc2ccc3c(-c4ccc(N(c5ccc6ccccc6c5)c5ccc6ccccc6c5)cc4)ccc4ccc1c2c43.Brc1ccc2ccc3c(-c4ccc(N(c5ccccc5)c5ccc6c(c5)oc5ccccc56)cc4)ccc4ccc1c2c43. The molecule has 0 saturated heterocycles. The van der Waals surface area contributed by atoms with E-state index in [4.69, 9.17) is 4.42 Å². The number of benzene rings is 26. The first-order valence-corrected chi connectivity index (χ1v) is 48.1. The Hall–Kier alpha value is -16.0. The number of nitrogens with zero attached hydrogens (tertiary/aromatic N) is 3. The molecule has 0 bridgehead atoms. The van der Waals surface area contributed by atoms with Crippen LogP contribution >= 0.6 is 47.8 Å². The highest BCUT2D eigenvalue weighted by Crippen LogP contribution is 2.50. The van der Waals surface area contributed by atoms with Crippen molar-refractivity contribution < 1.29 is 4.42 Å². The van der Waals surface area contributed by atoms with Crippen molar-refractivity contribution in [2.75, 3.05) is 14.7 Å². The minimum absolute atomic E-state index is 0.886. The Kier molecular flexibility index (Phi) is 20.4. The molecule has 0 aliphatic rings. The number of hydrogen-bond acceptors (Lipinski definition) is 4. The second-order valence-corrected chi connectivity index (χ2v) is 37.5. The first kappa shape index (κ1) is 81.0. The third kappa shape index (κ3) is 14.6. The van der Waals surface area contributed by atoms with Gasteiger partial charge in [0.05, 0.1) is 0 Å². The third-order valence-electron chi connectivity index (χ3n) is 27.2. The predicted octanol–water partition coefficient (Wildman–Crippen LogP) is 39.0. The summed E-state index contributed by atoms with van der Waals surface area (Å²) in [6.45, 7) is 0. The Morgan fingerprint density at radius 3 is 0.763 bits per heavy atom. The molecular formula is C128H80Br3N3O. The van der Waals surface area contributed by atoms with Crippen LogP contribution in [-0.2, 0) is 0 Å². The lowest BCUT2D eigenvalue weighted by Gasteiger charge is -2.26. The molecule has 0 spiro atoms. The van der Waals surface area contributed by atoms with Crippen molar-refractivity contribution in [2.45, 2.75) is 0 Å². The van der Waals surface area contributed by atoms with E-state index >= 15 is 0 Å².